The molecule has 6 aromatic rings. The van der Waals surface area contributed by atoms with Crippen molar-refractivity contribution < 1.29 is 118 Å². The van der Waals surface area contributed by atoms with Crippen LogP contribution in [0.5, 0.6) is 0 Å². The maximum atomic E-state index is 13.8. The Morgan fingerprint density at radius 1 is 0.500 bits per heavy atom. The number of imidazole rings is 3. The summed E-state index contributed by atoms with van der Waals surface area (Å²) in [5.74, 6) is -0.340. The molecule has 16 atom stereocenters. The van der Waals surface area contributed by atoms with Gasteiger partial charge >= 0.3 is 39.1 Å². The Bertz CT molecular complexity index is 3410. The lowest BCUT2D eigenvalue weighted by Gasteiger charge is -2.25. The van der Waals surface area contributed by atoms with Crippen molar-refractivity contribution in [1.82, 2.24) is 58.6 Å². The highest BCUT2D eigenvalue weighted by atomic mass is 79.9. The lowest BCUT2D eigenvalue weighted by molar-refractivity contribution is -0.0644. The van der Waals surface area contributed by atoms with Crippen LogP contribution in [-0.4, -0.2) is 183 Å². The predicted molar refractivity (Wildman–Crippen MR) is 244 cm³/mol. The van der Waals surface area contributed by atoms with E-state index in [1.54, 1.807) is 0 Å². The standard InChI is InChI=1S/C30H39BrN15O25P5/c31-30-42-23(34)14-26(43-30)46(8-41-14)29-20(17(49)11(67-29)3-64-75(58,59)71-76(60,61)70-72(51,52)53)69-74(56,57)63-2-10-16(48)19(28(66-10)45-7-40-13-22(33)36-5-38-25(13)45)68-73(54,55)62-1-9-15(47)18(50)27(65-9)44-6-39-12-21(32)35-4-37-24(12)44/h4-11,15-20,27-29,47-50H,1-3H2,(H,54,55)(H,56,57)(H,58,59)(H,60,61)(H2,32,35,37)(H2,33,36,38)(H2,34,42,43)(H2,51,52,53)/t9-,10-,11-,15-,16-,17-,18-,19-,20-,27-,28-,29-/m1/s1. The number of aromatic nitrogens is 12. The number of halogens is 1. The molecule has 9 heterocycles. The van der Waals surface area contributed by atoms with Gasteiger partial charge in [0, 0.05) is 0 Å². The van der Waals surface area contributed by atoms with E-state index in [1.807, 2.05) is 0 Å². The van der Waals surface area contributed by atoms with Crippen molar-refractivity contribution in [1.29, 1.82) is 0 Å². The molecule has 0 spiro atoms. The number of anilines is 3. The van der Waals surface area contributed by atoms with Gasteiger partial charge in [0.15, 0.2) is 53.1 Å². The number of nitrogens with two attached hydrogens (primary N) is 3. The van der Waals surface area contributed by atoms with Crippen LogP contribution in [0.3, 0.4) is 0 Å². The summed E-state index contributed by atoms with van der Waals surface area (Å²) in [5.41, 5.74) is 17.6. The quantitative estimate of drug-likeness (QED) is 0.0277. The Balaban J connectivity index is 0.919. The summed E-state index contributed by atoms with van der Waals surface area (Å²) in [5, 5.41) is 44.8. The summed E-state index contributed by atoms with van der Waals surface area (Å²) >= 11 is 3.05. The second kappa shape index (κ2) is 21.2. The first kappa shape index (κ1) is 56.6. The van der Waals surface area contributed by atoms with Crippen LogP contribution in [0.15, 0.2) is 36.4 Å². The molecule has 3 fully saturated rings. The third-order valence-corrected chi connectivity index (χ3v) is 17.2. The Morgan fingerprint density at radius 2 is 0.908 bits per heavy atom. The SMILES string of the molecule is Nc1ncnc2c1ncn2[C@@H]1O[C@H](COP(=O)(O)O[C@@H]2[C@H](O)[C@@H](COP(=O)(O)O[C@@H]3[C@H](O)[C@@H](COP(=O)(O)OP(=O)(O)OP(=O)(O)O)O[C@H]3n3cnc4c(N)nc(Br)nc43)O[C@H]2n2cnc3c(N)ncnc32)[C@@H](O)[C@H]1O. The topological polar surface area (TPSA) is 589 Å². The minimum absolute atomic E-state index is 0.000822. The fourth-order valence-corrected chi connectivity index (χ4v) is 13.1. The van der Waals surface area contributed by atoms with Crippen LogP contribution in [0, 0.1) is 0 Å². The second-order valence-electron chi connectivity index (χ2n) is 16.1. The highest BCUT2D eigenvalue weighted by Gasteiger charge is 2.54. The van der Waals surface area contributed by atoms with Gasteiger partial charge in [-0.3, -0.25) is 36.3 Å². The van der Waals surface area contributed by atoms with Gasteiger partial charge in [0.25, 0.3) is 0 Å². The number of phosphoric ester groups is 3. The third kappa shape index (κ3) is 11.9. The maximum absolute atomic E-state index is 13.8. The van der Waals surface area contributed by atoms with Crippen LogP contribution in [-0.2, 0) is 68.3 Å². The van der Waals surface area contributed by atoms with Crippen LogP contribution in [0.25, 0.3) is 33.5 Å². The molecule has 76 heavy (non-hydrogen) atoms. The molecule has 9 rings (SSSR count). The molecule has 0 aliphatic carbocycles. The molecule has 3 saturated heterocycles. The fraction of sp³-hybridized carbons (Fsp3) is 0.500. The molecule has 416 valence electrons. The molecular weight excluding hydrogens is 1210 g/mol. The highest BCUT2D eigenvalue weighted by molar-refractivity contribution is 9.10. The van der Waals surface area contributed by atoms with Crippen molar-refractivity contribution in [2.45, 2.75) is 73.6 Å². The normalized spacial score (nSPS) is 30.5. The molecule has 0 aromatic carbocycles. The number of fused-ring (bicyclic) bond motifs is 3. The van der Waals surface area contributed by atoms with Gasteiger partial charge in [-0.1, -0.05) is 0 Å². The first-order valence-electron chi connectivity index (χ1n) is 20.8. The van der Waals surface area contributed by atoms with Crippen LogP contribution in [0.4, 0.5) is 17.5 Å². The van der Waals surface area contributed by atoms with E-state index < -0.39 is 133 Å². The van der Waals surface area contributed by atoms with Gasteiger partial charge in [0.1, 0.15) is 84.1 Å². The summed E-state index contributed by atoms with van der Waals surface area (Å²) in [4.78, 5) is 95.7. The number of rotatable bonds is 20. The van der Waals surface area contributed by atoms with E-state index in [-0.39, 0.29) is 55.7 Å². The van der Waals surface area contributed by atoms with Crippen molar-refractivity contribution in [3.8, 4) is 0 Å². The Hall–Kier alpha value is -4.12. The molecule has 0 bridgehead atoms. The third-order valence-electron chi connectivity index (χ3n) is 11.1. The number of nitrogens with zero attached hydrogens (tertiary/aromatic N) is 12. The first-order valence-corrected chi connectivity index (χ1v) is 29.1. The van der Waals surface area contributed by atoms with Crippen molar-refractivity contribution in [2.24, 2.45) is 0 Å². The van der Waals surface area contributed by atoms with E-state index in [4.69, 9.17) is 59.3 Å². The number of hydrogen-bond donors (Lipinski definition) is 13. The molecule has 3 aliphatic rings. The smallest absolute Gasteiger partial charge is 0.387 e. The zero-order chi connectivity index (χ0) is 55.0. The summed E-state index contributed by atoms with van der Waals surface area (Å²) in [6.07, 6.45) is -16.7. The minimum atomic E-state index is -6.01. The average Bonchev–Trinajstić information content (AvgIpc) is 4.18. The van der Waals surface area contributed by atoms with E-state index in [0.29, 0.717) is 0 Å². The summed E-state index contributed by atoms with van der Waals surface area (Å²) in [7, 11) is -28.7. The Labute approximate surface area is 428 Å². The molecule has 16 N–H and O–H groups in total. The van der Waals surface area contributed by atoms with Crippen LogP contribution in [0.1, 0.15) is 18.7 Å². The largest absolute Gasteiger partial charge is 0.490 e. The molecule has 40 nitrogen and oxygen atoms in total. The molecule has 4 unspecified atom stereocenters. The maximum Gasteiger partial charge on any atom is 0.490 e. The van der Waals surface area contributed by atoms with Gasteiger partial charge in [-0.2, -0.15) is 8.62 Å². The molecule has 0 radical (unpaired) electrons. The van der Waals surface area contributed by atoms with Crippen molar-refractivity contribution >= 4 is 106 Å². The molecular formula is C30H39BrN15O25P5. The van der Waals surface area contributed by atoms with Crippen molar-refractivity contribution in [3.05, 3.63) is 36.4 Å². The van der Waals surface area contributed by atoms with Crippen molar-refractivity contribution in [3.63, 3.8) is 0 Å². The van der Waals surface area contributed by atoms with Gasteiger partial charge in [-0.15, -0.1) is 0 Å². The summed E-state index contributed by atoms with van der Waals surface area (Å²) < 4.78 is 117. The van der Waals surface area contributed by atoms with Crippen LogP contribution in [0.2, 0.25) is 0 Å². The van der Waals surface area contributed by atoms with E-state index in [1.165, 1.54) is 10.9 Å². The Kier molecular flexibility index (Phi) is 15.8. The summed E-state index contributed by atoms with van der Waals surface area (Å²) in [6.45, 7) is -3.39. The van der Waals surface area contributed by atoms with Gasteiger partial charge < -0.3 is 81.2 Å². The van der Waals surface area contributed by atoms with E-state index >= 15 is 0 Å². The second-order valence-corrected chi connectivity index (χ2v) is 24.0. The van der Waals surface area contributed by atoms with Gasteiger partial charge in [-0.25, -0.2) is 67.7 Å². The zero-order valence-electron chi connectivity index (χ0n) is 37.2. The predicted octanol–water partition coefficient (Wildman–Crippen LogP) is -2.50. The number of aliphatic hydroxyl groups is 4. The van der Waals surface area contributed by atoms with Crippen LogP contribution >= 0.6 is 55.0 Å². The number of ether oxygens (including phenoxy) is 3. The number of nitrogen functional groups attached to an aromatic ring is 3. The van der Waals surface area contributed by atoms with E-state index in [0.717, 1.165) is 34.4 Å². The lowest BCUT2D eigenvalue weighted by atomic mass is 10.1. The van der Waals surface area contributed by atoms with Gasteiger partial charge in [0.2, 0.25) is 4.73 Å². The molecule has 0 amide bonds. The number of hydrogen-bond acceptors (Lipinski definition) is 31. The number of phosphoric acid groups is 5. The van der Waals surface area contributed by atoms with E-state index in [9.17, 15) is 62.8 Å². The lowest BCUT2D eigenvalue weighted by Crippen LogP contribution is -2.37. The fourth-order valence-electron chi connectivity index (χ4n) is 7.87. The van der Waals surface area contributed by atoms with E-state index in [2.05, 4.69) is 73.9 Å². The van der Waals surface area contributed by atoms with Gasteiger partial charge in [-0.05, 0) is 15.9 Å². The highest BCUT2D eigenvalue weighted by Crippen LogP contribution is 2.66. The number of aliphatic hydroxyl groups excluding tert-OH is 4. The molecule has 3 aliphatic heterocycles. The Morgan fingerprint density at radius 3 is 1.38 bits per heavy atom. The van der Waals surface area contributed by atoms with Crippen LogP contribution < -0.4 is 17.2 Å². The van der Waals surface area contributed by atoms with Gasteiger partial charge in [0.05, 0.1) is 38.8 Å². The summed E-state index contributed by atoms with van der Waals surface area (Å²) in [6, 6.07) is 0. The monoisotopic (exact) mass is 1240 g/mol. The zero-order valence-corrected chi connectivity index (χ0v) is 43.3. The molecule has 6 aromatic heterocycles. The minimum Gasteiger partial charge on any atom is -0.387 e. The molecule has 0 saturated carbocycles. The van der Waals surface area contributed by atoms with Crippen molar-refractivity contribution in [2.75, 3.05) is 37.0 Å². The molecule has 46 heteroatoms. The first-order chi connectivity index (χ1) is 35.5. The average molecular weight is 1240 g/mol.